The number of amides is 1. The number of likely N-dealkylation sites (N-methyl/N-ethyl adjacent to an activating group) is 1. The molecule has 2 unspecified atom stereocenters. The standard InChI is InChI=1S/C10H16N4O/c1-7(11)9-5-12-6-14(9)8-3-4-13(2)10(8)15/h5-8H,3-4,11H2,1-2H3. The first-order valence-electron chi connectivity index (χ1n) is 5.13. The summed E-state index contributed by atoms with van der Waals surface area (Å²) in [7, 11) is 1.82. The van der Waals surface area contributed by atoms with E-state index in [9.17, 15) is 4.79 Å². The Balaban J connectivity index is 2.30. The van der Waals surface area contributed by atoms with Crippen molar-refractivity contribution in [3.8, 4) is 0 Å². The van der Waals surface area contributed by atoms with E-state index in [0.717, 1.165) is 18.7 Å². The average Bonchev–Trinajstić information content (AvgIpc) is 2.75. The van der Waals surface area contributed by atoms with E-state index < -0.39 is 0 Å². The molecule has 0 saturated carbocycles. The van der Waals surface area contributed by atoms with Crippen LogP contribution in [0.25, 0.3) is 0 Å². The lowest BCUT2D eigenvalue weighted by atomic mass is 10.2. The lowest BCUT2D eigenvalue weighted by Crippen LogP contribution is -2.26. The third-order valence-corrected chi connectivity index (χ3v) is 2.90. The smallest absolute Gasteiger partial charge is 0.245 e. The van der Waals surface area contributed by atoms with E-state index in [1.807, 2.05) is 18.5 Å². The van der Waals surface area contributed by atoms with Crippen molar-refractivity contribution < 1.29 is 4.79 Å². The summed E-state index contributed by atoms with van der Waals surface area (Å²) >= 11 is 0. The second-order valence-electron chi connectivity index (χ2n) is 4.08. The third kappa shape index (κ3) is 1.63. The fourth-order valence-electron chi connectivity index (χ4n) is 1.99. The fourth-order valence-corrected chi connectivity index (χ4v) is 1.99. The number of likely N-dealkylation sites (tertiary alicyclic amines) is 1. The molecule has 82 valence electrons. The summed E-state index contributed by atoms with van der Waals surface area (Å²) in [6.07, 6.45) is 4.27. The van der Waals surface area contributed by atoms with E-state index in [1.54, 1.807) is 17.4 Å². The summed E-state index contributed by atoms with van der Waals surface area (Å²) in [6.45, 7) is 2.71. The van der Waals surface area contributed by atoms with Crippen LogP contribution >= 0.6 is 0 Å². The van der Waals surface area contributed by atoms with Crippen LogP contribution in [-0.4, -0.2) is 34.0 Å². The molecule has 5 nitrogen and oxygen atoms in total. The first kappa shape index (κ1) is 10.2. The van der Waals surface area contributed by atoms with Crippen LogP contribution in [0.5, 0.6) is 0 Å². The van der Waals surface area contributed by atoms with Gasteiger partial charge in [0.15, 0.2) is 0 Å². The van der Waals surface area contributed by atoms with Gasteiger partial charge in [0, 0.05) is 25.8 Å². The molecular weight excluding hydrogens is 192 g/mol. The molecule has 1 saturated heterocycles. The number of nitrogens with zero attached hydrogens (tertiary/aromatic N) is 3. The van der Waals surface area contributed by atoms with Gasteiger partial charge >= 0.3 is 0 Å². The molecule has 0 radical (unpaired) electrons. The molecule has 2 N–H and O–H groups in total. The lowest BCUT2D eigenvalue weighted by Gasteiger charge is -2.16. The number of imidazole rings is 1. The van der Waals surface area contributed by atoms with Crippen molar-refractivity contribution in [2.24, 2.45) is 5.73 Å². The summed E-state index contributed by atoms with van der Waals surface area (Å²) in [5, 5.41) is 0. The Morgan fingerprint density at radius 3 is 2.93 bits per heavy atom. The average molecular weight is 208 g/mol. The molecule has 2 atom stereocenters. The molecule has 1 amide bonds. The molecule has 0 spiro atoms. The lowest BCUT2D eigenvalue weighted by molar-refractivity contribution is -0.129. The topological polar surface area (TPSA) is 64.2 Å². The zero-order valence-electron chi connectivity index (χ0n) is 9.05. The predicted molar refractivity (Wildman–Crippen MR) is 56.1 cm³/mol. The van der Waals surface area contributed by atoms with Gasteiger partial charge in [0.25, 0.3) is 0 Å². The van der Waals surface area contributed by atoms with Gasteiger partial charge in [-0.2, -0.15) is 0 Å². The number of hydrogen-bond acceptors (Lipinski definition) is 3. The molecule has 0 aliphatic carbocycles. The highest BCUT2D eigenvalue weighted by Crippen LogP contribution is 2.25. The number of hydrogen-bond donors (Lipinski definition) is 1. The summed E-state index contributed by atoms with van der Waals surface area (Å²) in [5.74, 6) is 0.148. The molecule has 2 rings (SSSR count). The van der Waals surface area contributed by atoms with Gasteiger partial charge in [-0.25, -0.2) is 4.98 Å². The molecule has 15 heavy (non-hydrogen) atoms. The molecule has 1 aromatic heterocycles. The maximum Gasteiger partial charge on any atom is 0.245 e. The second-order valence-corrected chi connectivity index (χ2v) is 4.08. The van der Waals surface area contributed by atoms with Gasteiger partial charge in [0.2, 0.25) is 5.91 Å². The van der Waals surface area contributed by atoms with Gasteiger partial charge in [-0.3, -0.25) is 4.79 Å². The van der Waals surface area contributed by atoms with Gasteiger partial charge in [-0.1, -0.05) is 0 Å². The van der Waals surface area contributed by atoms with Crippen molar-refractivity contribution in [2.45, 2.75) is 25.4 Å². The van der Waals surface area contributed by atoms with Gasteiger partial charge < -0.3 is 15.2 Å². The highest BCUT2D eigenvalue weighted by molar-refractivity contribution is 5.82. The van der Waals surface area contributed by atoms with Crippen LogP contribution in [-0.2, 0) is 4.79 Å². The number of rotatable bonds is 2. The minimum absolute atomic E-state index is 0.0915. The maximum absolute atomic E-state index is 11.8. The normalized spacial score (nSPS) is 23.5. The Morgan fingerprint density at radius 1 is 1.67 bits per heavy atom. The van der Waals surface area contributed by atoms with E-state index in [-0.39, 0.29) is 18.0 Å². The molecule has 1 aliphatic rings. The number of nitrogens with two attached hydrogens (primary N) is 1. The Bertz CT molecular complexity index is 371. The minimum Gasteiger partial charge on any atom is -0.344 e. The highest BCUT2D eigenvalue weighted by Gasteiger charge is 2.31. The highest BCUT2D eigenvalue weighted by atomic mass is 16.2. The Labute approximate surface area is 88.9 Å². The number of carbonyl (C=O) groups is 1. The van der Waals surface area contributed by atoms with Crippen LogP contribution in [0.1, 0.15) is 31.1 Å². The Morgan fingerprint density at radius 2 is 2.40 bits per heavy atom. The van der Waals surface area contributed by atoms with Crippen LogP contribution in [0.3, 0.4) is 0 Å². The largest absolute Gasteiger partial charge is 0.344 e. The van der Waals surface area contributed by atoms with Gasteiger partial charge in [0.1, 0.15) is 6.04 Å². The van der Waals surface area contributed by atoms with E-state index >= 15 is 0 Å². The summed E-state index contributed by atoms with van der Waals surface area (Å²) in [5.41, 5.74) is 6.74. The monoisotopic (exact) mass is 208 g/mol. The summed E-state index contributed by atoms with van der Waals surface area (Å²) in [4.78, 5) is 17.6. The van der Waals surface area contributed by atoms with Crippen molar-refractivity contribution in [2.75, 3.05) is 13.6 Å². The van der Waals surface area contributed by atoms with Gasteiger partial charge in [-0.15, -0.1) is 0 Å². The van der Waals surface area contributed by atoms with Crippen molar-refractivity contribution in [1.29, 1.82) is 0 Å². The molecule has 1 aromatic rings. The molecule has 1 fully saturated rings. The molecule has 1 aliphatic heterocycles. The van der Waals surface area contributed by atoms with Crippen molar-refractivity contribution >= 4 is 5.91 Å². The van der Waals surface area contributed by atoms with Crippen LogP contribution in [0.2, 0.25) is 0 Å². The van der Waals surface area contributed by atoms with Crippen molar-refractivity contribution in [1.82, 2.24) is 14.5 Å². The maximum atomic E-state index is 11.8. The molecule has 0 aromatic carbocycles. The summed E-state index contributed by atoms with van der Waals surface area (Å²) in [6, 6.07) is -0.204. The van der Waals surface area contributed by atoms with Crippen molar-refractivity contribution in [3.63, 3.8) is 0 Å². The number of aromatic nitrogens is 2. The van der Waals surface area contributed by atoms with Gasteiger partial charge in [-0.05, 0) is 13.3 Å². The fraction of sp³-hybridized carbons (Fsp3) is 0.600. The first-order chi connectivity index (χ1) is 7.11. The van der Waals surface area contributed by atoms with Crippen molar-refractivity contribution in [3.05, 3.63) is 18.2 Å². The predicted octanol–water partition coefficient (Wildman–Crippen LogP) is 0.306. The molecule has 5 heteroatoms. The van der Waals surface area contributed by atoms with E-state index in [4.69, 9.17) is 5.73 Å². The zero-order chi connectivity index (χ0) is 11.0. The van der Waals surface area contributed by atoms with Crippen LogP contribution in [0, 0.1) is 0 Å². The second kappa shape index (κ2) is 3.66. The SMILES string of the molecule is CC(N)c1cncn1C1CCN(C)C1=O. The van der Waals surface area contributed by atoms with E-state index in [1.165, 1.54) is 0 Å². The Kier molecular flexibility index (Phi) is 2.48. The zero-order valence-corrected chi connectivity index (χ0v) is 9.05. The number of carbonyl (C=O) groups excluding carboxylic acids is 1. The van der Waals surface area contributed by atoms with E-state index in [2.05, 4.69) is 4.98 Å². The third-order valence-electron chi connectivity index (χ3n) is 2.90. The molecule has 2 heterocycles. The Hall–Kier alpha value is -1.36. The van der Waals surface area contributed by atoms with Crippen LogP contribution < -0.4 is 5.73 Å². The first-order valence-corrected chi connectivity index (χ1v) is 5.13. The molecule has 0 bridgehead atoms. The summed E-state index contributed by atoms with van der Waals surface area (Å²) < 4.78 is 1.90. The van der Waals surface area contributed by atoms with E-state index in [0.29, 0.717) is 0 Å². The van der Waals surface area contributed by atoms with Crippen LogP contribution in [0.15, 0.2) is 12.5 Å². The van der Waals surface area contributed by atoms with Gasteiger partial charge in [0.05, 0.1) is 12.0 Å². The molecular formula is C10H16N4O. The minimum atomic E-state index is -0.113. The quantitative estimate of drug-likeness (QED) is 0.760. The van der Waals surface area contributed by atoms with Crippen LogP contribution in [0.4, 0.5) is 0 Å².